The summed E-state index contributed by atoms with van der Waals surface area (Å²) >= 11 is 6.54. The number of benzene rings is 1. The van der Waals surface area contributed by atoms with Gasteiger partial charge in [-0.1, -0.05) is 6.07 Å². The molecule has 2 aromatic rings. The molecule has 0 saturated carbocycles. The summed E-state index contributed by atoms with van der Waals surface area (Å²) in [5.74, 6) is -0.0448. The highest BCUT2D eigenvalue weighted by Gasteiger charge is 2.13. The van der Waals surface area contributed by atoms with Crippen LogP contribution in [0.25, 0.3) is 6.08 Å². The molecule has 0 aliphatic rings. The summed E-state index contributed by atoms with van der Waals surface area (Å²) in [4.78, 5) is 23.1. The summed E-state index contributed by atoms with van der Waals surface area (Å²) in [5.41, 5.74) is 0.171. The van der Waals surface area contributed by atoms with Crippen molar-refractivity contribution in [2.24, 2.45) is 0 Å². The van der Waals surface area contributed by atoms with E-state index in [2.05, 4.69) is 10.6 Å². The Kier molecular flexibility index (Phi) is 5.99. The Bertz CT molecular complexity index is 788. The van der Waals surface area contributed by atoms with Crippen molar-refractivity contribution in [1.82, 2.24) is 5.32 Å². The van der Waals surface area contributed by atoms with Crippen molar-refractivity contribution in [3.05, 3.63) is 56.8 Å². The van der Waals surface area contributed by atoms with Crippen molar-refractivity contribution in [2.45, 2.75) is 0 Å². The molecule has 0 saturated heterocycles. The quantitative estimate of drug-likeness (QED) is 0.367. The number of thiocarbonyl (C=S) groups is 1. The van der Waals surface area contributed by atoms with E-state index in [9.17, 15) is 14.9 Å². The molecule has 24 heavy (non-hydrogen) atoms. The maximum atomic E-state index is 11.8. The smallest absolute Gasteiger partial charge is 0.271 e. The molecule has 0 unspecified atom stereocenters. The van der Waals surface area contributed by atoms with Gasteiger partial charge in [-0.15, -0.1) is 11.3 Å². The van der Waals surface area contributed by atoms with E-state index in [0.29, 0.717) is 11.4 Å². The molecule has 1 heterocycles. The normalized spacial score (nSPS) is 10.4. The summed E-state index contributed by atoms with van der Waals surface area (Å²) in [6, 6.07) is 7.79. The monoisotopic (exact) mass is 363 g/mol. The number of nitro groups is 1. The molecule has 2 rings (SSSR count). The molecule has 9 heteroatoms. The third kappa shape index (κ3) is 4.86. The summed E-state index contributed by atoms with van der Waals surface area (Å²) < 4.78 is 5.11. The second kappa shape index (κ2) is 8.18. The van der Waals surface area contributed by atoms with Crippen LogP contribution in [0.15, 0.2) is 41.8 Å². The van der Waals surface area contributed by atoms with Crippen LogP contribution in [0, 0.1) is 10.1 Å². The molecular formula is C15H13N3O4S2. The Labute approximate surface area is 147 Å². The van der Waals surface area contributed by atoms with Crippen molar-refractivity contribution in [1.29, 1.82) is 0 Å². The Morgan fingerprint density at radius 2 is 2.21 bits per heavy atom. The topological polar surface area (TPSA) is 93.5 Å². The standard InChI is InChI=1S/C15H13N3O4S2/c1-22-13-6-4-10(18(20)21)9-12(13)16-15(23)17-14(19)7-5-11-3-2-8-24-11/h2-9H,1H3,(H2,16,17,19,23). The Morgan fingerprint density at radius 1 is 1.42 bits per heavy atom. The number of ether oxygens (including phenoxy) is 1. The highest BCUT2D eigenvalue weighted by molar-refractivity contribution is 7.80. The summed E-state index contributed by atoms with van der Waals surface area (Å²) in [7, 11) is 1.43. The number of non-ortho nitro benzene ring substituents is 1. The van der Waals surface area contributed by atoms with E-state index in [1.807, 2.05) is 17.5 Å². The fraction of sp³-hybridized carbons (Fsp3) is 0.0667. The minimum absolute atomic E-state index is 0.00891. The molecule has 7 nitrogen and oxygen atoms in total. The van der Waals surface area contributed by atoms with Gasteiger partial charge in [-0.3, -0.25) is 20.2 Å². The number of anilines is 1. The third-order valence-electron chi connectivity index (χ3n) is 2.82. The molecule has 2 N–H and O–H groups in total. The average Bonchev–Trinajstić information content (AvgIpc) is 3.06. The minimum Gasteiger partial charge on any atom is -0.495 e. The molecule has 0 aliphatic heterocycles. The number of hydrogen-bond donors (Lipinski definition) is 2. The summed E-state index contributed by atoms with van der Waals surface area (Å²) in [6.07, 6.45) is 3.01. The highest BCUT2D eigenvalue weighted by Crippen LogP contribution is 2.28. The van der Waals surface area contributed by atoms with Gasteiger partial charge in [0, 0.05) is 23.1 Å². The van der Waals surface area contributed by atoms with Gasteiger partial charge in [-0.25, -0.2) is 0 Å². The van der Waals surface area contributed by atoms with E-state index >= 15 is 0 Å². The number of hydrogen-bond acceptors (Lipinski definition) is 6. The SMILES string of the molecule is COc1ccc([N+](=O)[O-])cc1NC(=S)NC(=O)C=Cc1cccs1. The Morgan fingerprint density at radius 3 is 2.83 bits per heavy atom. The lowest BCUT2D eigenvalue weighted by Crippen LogP contribution is -2.32. The number of nitrogens with zero attached hydrogens (tertiary/aromatic N) is 1. The fourth-order valence-electron chi connectivity index (χ4n) is 1.76. The van der Waals surface area contributed by atoms with Gasteiger partial charge in [-0.05, 0) is 35.8 Å². The minimum atomic E-state index is -0.532. The van der Waals surface area contributed by atoms with Gasteiger partial charge < -0.3 is 10.1 Å². The molecule has 0 radical (unpaired) electrons. The van der Waals surface area contributed by atoms with E-state index in [4.69, 9.17) is 17.0 Å². The number of amides is 1. The first-order chi connectivity index (χ1) is 11.5. The number of carbonyl (C=O) groups is 1. The van der Waals surface area contributed by atoms with E-state index in [1.54, 1.807) is 6.08 Å². The van der Waals surface area contributed by atoms with Gasteiger partial charge in [0.2, 0.25) is 5.91 Å². The molecule has 0 spiro atoms. The van der Waals surface area contributed by atoms with Gasteiger partial charge in [0.05, 0.1) is 17.7 Å². The van der Waals surface area contributed by atoms with Crippen LogP contribution in [-0.2, 0) is 4.79 Å². The summed E-state index contributed by atoms with van der Waals surface area (Å²) in [5, 5.41) is 17.9. The first-order valence-electron chi connectivity index (χ1n) is 6.65. The van der Waals surface area contributed by atoms with Crippen LogP contribution in [0.4, 0.5) is 11.4 Å². The van der Waals surface area contributed by atoms with Crippen molar-refractivity contribution in [3.63, 3.8) is 0 Å². The first-order valence-corrected chi connectivity index (χ1v) is 7.94. The van der Waals surface area contributed by atoms with Gasteiger partial charge in [0.25, 0.3) is 5.69 Å². The Balaban J connectivity index is 2.02. The van der Waals surface area contributed by atoms with Crippen LogP contribution in [0.1, 0.15) is 4.88 Å². The largest absolute Gasteiger partial charge is 0.495 e. The van der Waals surface area contributed by atoms with Gasteiger partial charge >= 0.3 is 0 Å². The molecule has 1 aromatic heterocycles. The molecular weight excluding hydrogens is 350 g/mol. The molecule has 124 valence electrons. The van der Waals surface area contributed by atoms with Crippen molar-refractivity contribution >= 4 is 52.0 Å². The average molecular weight is 363 g/mol. The number of carbonyl (C=O) groups excluding carboxylic acids is 1. The van der Waals surface area contributed by atoms with Gasteiger partial charge in [0.1, 0.15) is 5.75 Å². The number of thiophene rings is 1. The predicted octanol–water partition coefficient (Wildman–Crippen LogP) is 3.19. The van der Waals surface area contributed by atoms with Crippen LogP contribution in [0.5, 0.6) is 5.75 Å². The van der Waals surface area contributed by atoms with E-state index in [-0.39, 0.29) is 10.8 Å². The molecule has 0 fully saturated rings. The number of nitro benzene ring substituents is 1. The molecule has 1 amide bonds. The number of nitrogens with one attached hydrogen (secondary N) is 2. The van der Waals surface area contributed by atoms with Crippen LogP contribution >= 0.6 is 23.6 Å². The Hall–Kier alpha value is -2.78. The maximum absolute atomic E-state index is 11.8. The fourth-order valence-corrected chi connectivity index (χ4v) is 2.59. The van der Waals surface area contributed by atoms with Crippen LogP contribution in [-0.4, -0.2) is 23.1 Å². The number of methoxy groups -OCH3 is 1. The zero-order valence-electron chi connectivity index (χ0n) is 12.5. The first kappa shape index (κ1) is 17.6. The summed E-state index contributed by atoms with van der Waals surface area (Å²) in [6.45, 7) is 0. The van der Waals surface area contributed by atoms with E-state index in [0.717, 1.165) is 4.88 Å². The lowest BCUT2D eigenvalue weighted by atomic mass is 10.2. The second-order valence-corrected chi connectivity index (χ2v) is 5.82. The van der Waals surface area contributed by atoms with Crippen LogP contribution in [0.2, 0.25) is 0 Å². The molecule has 0 atom stereocenters. The third-order valence-corrected chi connectivity index (χ3v) is 3.86. The lowest BCUT2D eigenvalue weighted by molar-refractivity contribution is -0.384. The van der Waals surface area contributed by atoms with Crippen LogP contribution in [0.3, 0.4) is 0 Å². The van der Waals surface area contributed by atoms with Gasteiger partial charge in [0.15, 0.2) is 5.11 Å². The van der Waals surface area contributed by atoms with Gasteiger partial charge in [-0.2, -0.15) is 0 Å². The lowest BCUT2D eigenvalue weighted by Gasteiger charge is -2.11. The van der Waals surface area contributed by atoms with Crippen molar-refractivity contribution < 1.29 is 14.5 Å². The highest BCUT2D eigenvalue weighted by atomic mass is 32.1. The number of rotatable bonds is 5. The van der Waals surface area contributed by atoms with Crippen molar-refractivity contribution in [3.8, 4) is 5.75 Å². The van der Waals surface area contributed by atoms with E-state index < -0.39 is 10.8 Å². The zero-order valence-corrected chi connectivity index (χ0v) is 14.1. The second-order valence-electron chi connectivity index (χ2n) is 4.43. The maximum Gasteiger partial charge on any atom is 0.271 e. The molecule has 0 bridgehead atoms. The zero-order chi connectivity index (χ0) is 17.5. The predicted molar refractivity (Wildman–Crippen MR) is 97.4 cm³/mol. The van der Waals surface area contributed by atoms with E-state index in [1.165, 1.54) is 42.7 Å². The molecule has 0 aliphatic carbocycles. The molecule has 1 aromatic carbocycles. The van der Waals surface area contributed by atoms with Crippen molar-refractivity contribution in [2.75, 3.05) is 12.4 Å². The van der Waals surface area contributed by atoms with Crippen LogP contribution < -0.4 is 15.4 Å².